The fraction of sp³-hybridized carbons (Fsp3) is 0.500. The zero-order valence-corrected chi connectivity index (χ0v) is 12.2. The Morgan fingerprint density at radius 3 is 2.50 bits per heavy atom. The van der Waals surface area contributed by atoms with Gasteiger partial charge in [0.05, 0.1) is 18.7 Å². The summed E-state index contributed by atoms with van der Waals surface area (Å²) in [5, 5.41) is 4.12. The summed E-state index contributed by atoms with van der Waals surface area (Å²) in [6.45, 7) is 0.439. The van der Waals surface area contributed by atoms with E-state index in [1.54, 1.807) is 0 Å². The molecule has 2 rings (SSSR count). The van der Waals surface area contributed by atoms with Crippen molar-refractivity contribution in [1.29, 1.82) is 0 Å². The molecule has 1 aromatic carbocycles. The van der Waals surface area contributed by atoms with Crippen LogP contribution in [0.4, 0.5) is 13.2 Å². The van der Waals surface area contributed by atoms with E-state index in [1.807, 2.05) is 0 Å². The second-order valence-corrected chi connectivity index (χ2v) is 4.98. The highest BCUT2D eigenvalue weighted by atomic mass is 19.4. The number of hydroxylamine groups is 2. The SMILES string of the molecule is CON(C)C(=O)[C@@H]1C[C@@H](Oc2ccc(C(F)(F)F)cc2)CN1. The van der Waals surface area contributed by atoms with Gasteiger partial charge in [-0.15, -0.1) is 0 Å². The Kier molecular flexibility index (Phi) is 4.92. The van der Waals surface area contributed by atoms with Crippen molar-refractivity contribution < 1.29 is 27.5 Å². The Morgan fingerprint density at radius 1 is 1.32 bits per heavy atom. The number of likely N-dealkylation sites (N-methyl/N-ethyl adjacent to an activating group) is 1. The first-order valence-corrected chi connectivity index (χ1v) is 6.70. The van der Waals surface area contributed by atoms with Crippen LogP contribution in [0.5, 0.6) is 5.75 Å². The van der Waals surface area contributed by atoms with E-state index < -0.39 is 17.8 Å². The largest absolute Gasteiger partial charge is 0.489 e. The van der Waals surface area contributed by atoms with Crippen molar-refractivity contribution in [2.24, 2.45) is 0 Å². The Labute approximate surface area is 125 Å². The van der Waals surface area contributed by atoms with E-state index in [9.17, 15) is 18.0 Å². The van der Waals surface area contributed by atoms with Gasteiger partial charge in [-0.3, -0.25) is 9.63 Å². The van der Waals surface area contributed by atoms with Crippen LogP contribution in [0.15, 0.2) is 24.3 Å². The molecule has 0 aromatic heterocycles. The second kappa shape index (κ2) is 6.53. The molecule has 1 N–H and O–H groups in total. The van der Waals surface area contributed by atoms with Crippen LogP contribution in [0.25, 0.3) is 0 Å². The van der Waals surface area contributed by atoms with Gasteiger partial charge in [0.1, 0.15) is 11.9 Å². The lowest BCUT2D eigenvalue weighted by Gasteiger charge is -2.18. The van der Waals surface area contributed by atoms with Crippen LogP contribution in [0, 0.1) is 0 Å². The summed E-state index contributed by atoms with van der Waals surface area (Å²) in [5.74, 6) is 0.119. The molecule has 8 heteroatoms. The zero-order chi connectivity index (χ0) is 16.3. The Hall–Kier alpha value is -1.80. The first kappa shape index (κ1) is 16.6. The van der Waals surface area contributed by atoms with Crippen molar-refractivity contribution in [2.75, 3.05) is 20.7 Å². The maximum atomic E-state index is 12.5. The predicted octanol–water partition coefficient (Wildman–Crippen LogP) is 1.83. The summed E-state index contributed by atoms with van der Waals surface area (Å²) in [7, 11) is 2.90. The van der Waals surface area contributed by atoms with Crippen molar-refractivity contribution in [3.63, 3.8) is 0 Å². The standard InChI is InChI=1S/C14H17F3N2O3/c1-19(21-2)13(20)12-7-11(8-18-12)22-10-5-3-9(4-6-10)14(15,16)17/h3-6,11-12,18H,7-8H2,1-2H3/t11-,12+/m1/s1. The van der Waals surface area contributed by atoms with E-state index in [0.29, 0.717) is 18.7 Å². The van der Waals surface area contributed by atoms with Gasteiger partial charge in [0.2, 0.25) is 0 Å². The number of nitrogens with one attached hydrogen (secondary N) is 1. The number of ether oxygens (including phenoxy) is 1. The topological polar surface area (TPSA) is 50.8 Å². The molecule has 1 fully saturated rings. The summed E-state index contributed by atoms with van der Waals surface area (Å²) in [4.78, 5) is 16.7. The van der Waals surface area contributed by atoms with Crippen molar-refractivity contribution in [2.45, 2.75) is 24.7 Å². The van der Waals surface area contributed by atoms with E-state index in [-0.39, 0.29) is 12.0 Å². The highest BCUT2D eigenvalue weighted by molar-refractivity contribution is 5.81. The third kappa shape index (κ3) is 3.89. The lowest BCUT2D eigenvalue weighted by atomic mass is 10.2. The number of rotatable bonds is 4. The van der Waals surface area contributed by atoms with Crippen LogP contribution in [0.2, 0.25) is 0 Å². The third-order valence-corrected chi connectivity index (χ3v) is 3.46. The molecule has 5 nitrogen and oxygen atoms in total. The lowest BCUT2D eigenvalue weighted by molar-refractivity contribution is -0.170. The molecule has 22 heavy (non-hydrogen) atoms. The molecular formula is C14H17F3N2O3. The number of hydrogen-bond acceptors (Lipinski definition) is 4. The normalized spacial score (nSPS) is 21.7. The number of benzene rings is 1. The molecule has 1 amide bonds. The molecule has 1 aliphatic rings. The molecule has 0 saturated carbocycles. The molecule has 1 aliphatic heterocycles. The fourth-order valence-electron chi connectivity index (χ4n) is 2.21. The quantitative estimate of drug-likeness (QED) is 0.861. The summed E-state index contributed by atoms with van der Waals surface area (Å²) in [6.07, 6.45) is -4.22. The maximum Gasteiger partial charge on any atom is 0.416 e. The average Bonchev–Trinajstić information content (AvgIpc) is 2.93. The van der Waals surface area contributed by atoms with Crippen LogP contribution in [0.1, 0.15) is 12.0 Å². The number of amides is 1. The minimum Gasteiger partial charge on any atom is -0.489 e. The van der Waals surface area contributed by atoms with Crippen molar-refractivity contribution in [3.8, 4) is 5.75 Å². The fourth-order valence-corrected chi connectivity index (χ4v) is 2.21. The highest BCUT2D eigenvalue weighted by Crippen LogP contribution is 2.30. The minimum absolute atomic E-state index is 0.221. The van der Waals surface area contributed by atoms with Crippen LogP contribution >= 0.6 is 0 Å². The van der Waals surface area contributed by atoms with Gasteiger partial charge < -0.3 is 10.1 Å². The van der Waals surface area contributed by atoms with E-state index in [4.69, 9.17) is 9.57 Å². The molecule has 1 aromatic rings. The Balaban J connectivity index is 1.92. The molecule has 1 heterocycles. The summed E-state index contributed by atoms with van der Waals surface area (Å²) in [5.41, 5.74) is -0.723. The zero-order valence-electron chi connectivity index (χ0n) is 12.2. The summed E-state index contributed by atoms with van der Waals surface area (Å²) in [6, 6.07) is 4.07. The first-order valence-electron chi connectivity index (χ1n) is 6.70. The van der Waals surface area contributed by atoms with Gasteiger partial charge in [-0.25, -0.2) is 5.06 Å². The molecule has 0 unspecified atom stereocenters. The molecular weight excluding hydrogens is 301 g/mol. The first-order chi connectivity index (χ1) is 10.3. The maximum absolute atomic E-state index is 12.5. The van der Waals surface area contributed by atoms with Crippen LogP contribution in [-0.2, 0) is 15.8 Å². The summed E-state index contributed by atoms with van der Waals surface area (Å²) < 4.78 is 43.0. The molecule has 2 atom stereocenters. The van der Waals surface area contributed by atoms with E-state index >= 15 is 0 Å². The number of alkyl halides is 3. The van der Waals surface area contributed by atoms with Gasteiger partial charge in [-0.2, -0.15) is 13.2 Å². The molecule has 0 aliphatic carbocycles. The molecule has 0 spiro atoms. The molecule has 122 valence electrons. The highest BCUT2D eigenvalue weighted by Gasteiger charge is 2.33. The minimum atomic E-state index is -4.37. The Morgan fingerprint density at radius 2 is 1.95 bits per heavy atom. The predicted molar refractivity (Wildman–Crippen MR) is 72.0 cm³/mol. The van der Waals surface area contributed by atoms with Crippen molar-refractivity contribution in [1.82, 2.24) is 10.4 Å². The number of carbonyl (C=O) groups excluding carboxylic acids is 1. The molecule has 0 bridgehead atoms. The van der Waals surface area contributed by atoms with Crippen molar-refractivity contribution >= 4 is 5.91 Å². The van der Waals surface area contributed by atoms with Gasteiger partial charge in [0.25, 0.3) is 5.91 Å². The Bertz CT molecular complexity index is 519. The molecule has 0 radical (unpaired) electrons. The van der Waals surface area contributed by atoms with Crippen LogP contribution in [0.3, 0.4) is 0 Å². The number of hydrogen-bond donors (Lipinski definition) is 1. The number of halogens is 3. The van der Waals surface area contributed by atoms with Gasteiger partial charge in [-0.05, 0) is 24.3 Å². The van der Waals surface area contributed by atoms with Crippen LogP contribution < -0.4 is 10.1 Å². The smallest absolute Gasteiger partial charge is 0.416 e. The van der Waals surface area contributed by atoms with E-state index in [2.05, 4.69) is 5.32 Å². The monoisotopic (exact) mass is 318 g/mol. The van der Waals surface area contributed by atoms with Crippen molar-refractivity contribution in [3.05, 3.63) is 29.8 Å². The van der Waals surface area contributed by atoms with Gasteiger partial charge in [-0.1, -0.05) is 0 Å². The summed E-state index contributed by atoms with van der Waals surface area (Å²) >= 11 is 0. The van der Waals surface area contributed by atoms with Gasteiger partial charge in [0, 0.05) is 20.0 Å². The molecule has 1 saturated heterocycles. The second-order valence-electron chi connectivity index (χ2n) is 4.98. The van der Waals surface area contributed by atoms with Crippen LogP contribution in [-0.4, -0.2) is 43.8 Å². The van der Waals surface area contributed by atoms with E-state index in [0.717, 1.165) is 17.2 Å². The van der Waals surface area contributed by atoms with E-state index in [1.165, 1.54) is 26.3 Å². The van der Waals surface area contributed by atoms with Gasteiger partial charge in [0.15, 0.2) is 0 Å². The lowest BCUT2D eigenvalue weighted by Crippen LogP contribution is -2.40. The number of carbonyl (C=O) groups is 1. The van der Waals surface area contributed by atoms with Gasteiger partial charge >= 0.3 is 6.18 Å². The number of nitrogens with zero attached hydrogens (tertiary/aromatic N) is 1. The average molecular weight is 318 g/mol. The third-order valence-electron chi connectivity index (χ3n) is 3.46.